The van der Waals surface area contributed by atoms with Gasteiger partial charge < -0.3 is 15.6 Å². The Kier molecular flexibility index (Phi) is 4.85. The zero-order valence-corrected chi connectivity index (χ0v) is 11.2. The Bertz CT molecular complexity index is 458. The summed E-state index contributed by atoms with van der Waals surface area (Å²) in [4.78, 5) is 11.6. The minimum absolute atomic E-state index is 0.0318. The molecule has 0 aliphatic rings. The number of carbonyl (C=O) groups is 1. The molecule has 0 fully saturated rings. The fraction of sp³-hybridized carbons (Fsp3) is 0.462. The number of nitrogens with two attached hydrogens (primary N) is 1. The minimum Gasteiger partial charge on any atom is -0.444 e. The highest BCUT2D eigenvalue weighted by Crippen LogP contribution is 2.20. The highest BCUT2D eigenvalue weighted by Gasteiger charge is 2.18. The number of rotatable bonds is 3. The lowest BCUT2D eigenvalue weighted by atomic mass is 10.1. The van der Waals surface area contributed by atoms with Gasteiger partial charge in [-0.2, -0.15) is 0 Å². The molecule has 0 radical (unpaired) electrons. The van der Waals surface area contributed by atoms with Crippen LogP contribution in [-0.4, -0.2) is 23.4 Å². The lowest BCUT2D eigenvalue weighted by Gasteiger charge is -2.20. The quantitative estimate of drug-likeness (QED) is 0.785. The Morgan fingerprint density at radius 3 is 2.68 bits per heavy atom. The molecule has 4 N–H and O–H groups in total. The van der Waals surface area contributed by atoms with Gasteiger partial charge >= 0.3 is 6.09 Å². The molecular formula is C13H19FN2O3. The Morgan fingerprint density at radius 1 is 1.53 bits per heavy atom. The molecule has 0 aromatic heterocycles. The fourth-order valence-corrected chi connectivity index (χ4v) is 1.39. The van der Waals surface area contributed by atoms with Crippen molar-refractivity contribution in [2.45, 2.75) is 32.4 Å². The molecular weight excluding hydrogens is 251 g/mol. The number of nitrogens with one attached hydrogen (secondary N) is 1. The van der Waals surface area contributed by atoms with E-state index in [2.05, 4.69) is 5.32 Å². The molecule has 0 bridgehead atoms. The van der Waals surface area contributed by atoms with Crippen molar-refractivity contribution >= 4 is 11.8 Å². The second-order valence-electron chi connectivity index (χ2n) is 5.16. The van der Waals surface area contributed by atoms with Crippen molar-refractivity contribution in [3.05, 3.63) is 29.6 Å². The van der Waals surface area contributed by atoms with Crippen molar-refractivity contribution in [3.8, 4) is 0 Å². The number of benzene rings is 1. The van der Waals surface area contributed by atoms with Crippen molar-refractivity contribution in [1.82, 2.24) is 0 Å². The van der Waals surface area contributed by atoms with Crippen molar-refractivity contribution < 1.29 is 19.0 Å². The number of amides is 1. The first kappa shape index (κ1) is 15.4. The Balaban J connectivity index is 2.85. The average molecular weight is 270 g/mol. The lowest BCUT2D eigenvalue weighted by Crippen LogP contribution is -2.27. The van der Waals surface area contributed by atoms with Crippen LogP contribution in [0.1, 0.15) is 32.4 Å². The molecule has 1 aromatic rings. The number of anilines is 1. The zero-order valence-electron chi connectivity index (χ0n) is 11.2. The molecule has 0 saturated carbocycles. The van der Waals surface area contributed by atoms with Gasteiger partial charge in [-0.25, -0.2) is 9.18 Å². The maximum Gasteiger partial charge on any atom is 0.412 e. The van der Waals surface area contributed by atoms with Crippen LogP contribution in [0.25, 0.3) is 0 Å². The third kappa shape index (κ3) is 4.84. The number of aliphatic hydroxyl groups excluding tert-OH is 1. The topological polar surface area (TPSA) is 84.6 Å². The zero-order chi connectivity index (χ0) is 14.6. The number of ether oxygens (including phenoxy) is 1. The summed E-state index contributed by atoms with van der Waals surface area (Å²) in [6.45, 7) is 4.86. The van der Waals surface area contributed by atoms with E-state index in [1.807, 2.05) is 0 Å². The van der Waals surface area contributed by atoms with Crippen LogP contribution in [-0.2, 0) is 4.74 Å². The van der Waals surface area contributed by atoms with Gasteiger partial charge in [0.15, 0.2) is 0 Å². The maximum atomic E-state index is 13.6. The molecule has 0 aliphatic carbocycles. The summed E-state index contributed by atoms with van der Waals surface area (Å²) in [6, 6.07) is 3.38. The van der Waals surface area contributed by atoms with Gasteiger partial charge in [-0.15, -0.1) is 0 Å². The van der Waals surface area contributed by atoms with Gasteiger partial charge in [0.05, 0.1) is 18.3 Å². The summed E-state index contributed by atoms with van der Waals surface area (Å²) in [5.41, 5.74) is 5.45. The monoisotopic (exact) mass is 270 g/mol. The van der Waals surface area contributed by atoms with Gasteiger partial charge in [0.25, 0.3) is 0 Å². The van der Waals surface area contributed by atoms with Crippen LogP contribution in [0.15, 0.2) is 18.2 Å². The molecule has 0 saturated heterocycles. The standard InChI is InChI=1S/C13H19FN2O3/c1-13(2,3)19-12(18)16-11-6-8(10(15)7-17)4-5-9(11)14/h4-6,10,17H,7,15H2,1-3H3,(H,16,18). The second kappa shape index (κ2) is 5.99. The van der Waals surface area contributed by atoms with E-state index in [4.69, 9.17) is 15.6 Å². The second-order valence-corrected chi connectivity index (χ2v) is 5.16. The normalized spacial score (nSPS) is 12.9. The molecule has 5 nitrogen and oxygen atoms in total. The van der Waals surface area contributed by atoms with E-state index in [1.54, 1.807) is 20.8 Å². The van der Waals surface area contributed by atoms with Crippen LogP contribution in [0.5, 0.6) is 0 Å². The Hall–Kier alpha value is -1.66. The third-order valence-corrected chi connectivity index (χ3v) is 2.25. The number of aliphatic hydroxyl groups is 1. The molecule has 1 atom stereocenters. The predicted octanol–water partition coefficient (Wildman–Crippen LogP) is 2.16. The third-order valence-electron chi connectivity index (χ3n) is 2.25. The summed E-state index contributed by atoms with van der Waals surface area (Å²) >= 11 is 0. The number of carbonyl (C=O) groups excluding carboxylic acids is 1. The van der Waals surface area contributed by atoms with Crippen molar-refractivity contribution in [1.29, 1.82) is 0 Å². The van der Waals surface area contributed by atoms with E-state index in [0.29, 0.717) is 5.56 Å². The van der Waals surface area contributed by atoms with Gasteiger partial charge in [-0.1, -0.05) is 6.07 Å². The van der Waals surface area contributed by atoms with Gasteiger partial charge in [0.1, 0.15) is 11.4 Å². The number of halogens is 1. The van der Waals surface area contributed by atoms with Gasteiger partial charge in [0, 0.05) is 0 Å². The van der Waals surface area contributed by atoms with E-state index in [-0.39, 0.29) is 12.3 Å². The molecule has 0 heterocycles. The van der Waals surface area contributed by atoms with Crippen molar-refractivity contribution in [2.75, 3.05) is 11.9 Å². The van der Waals surface area contributed by atoms with Crippen LogP contribution < -0.4 is 11.1 Å². The maximum absolute atomic E-state index is 13.6. The molecule has 0 spiro atoms. The molecule has 19 heavy (non-hydrogen) atoms. The van der Waals surface area contributed by atoms with E-state index < -0.39 is 23.6 Å². The number of hydrogen-bond donors (Lipinski definition) is 3. The van der Waals surface area contributed by atoms with Gasteiger partial charge in [0.2, 0.25) is 0 Å². The molecule has 1 aromatic carbocycles. The molecule has 1 unspecified atom stereocenters. The smallest absolute Gasteiger partial charge is 0.412 e. The molecule has 0 aliphatic heterocycles. The van der Waals surface area contributed by atoms with Crippen molar-refractivity contribution in [3.63, 3.8) is 0 Å². The van der Waals surface area contributed by atoms with Gasteiger partial charge in [-0.3, -0.25) is 5.32 Å². The summed E-state index contributed by atoms with van der Waals surface area (Å²) < 4.78 is 18.6. The van der Waals surface area contributed by atoms with Crippen LogP contribution >= 0.6 is 0 Å². The van der Waals surface area contributed by atoms with E-state index >= 15 is 0 Å². The van der Waals surface area contributed by atoms with E-state index in [9.17, 15) is 9.18 Å². The molecule has 106 valence electrons. The lowest BCUT2D eigenvalue weighted by molar-refractivity contribution is 0.0635. The Labute approximate surface area is 111 Å². The largest absolute Gasteiger partial charge is 0.444 e. The highest BCUT2D eigenvalue weighted by molar-refractivity contribution is 5.85. The first-order valence-electron chi connectivity index (χ1n) is 5.89. The predicted molar refractivity (Wildman–Crippen MR) is 70.3 cm³/mol. The Morgan fingerprint density at radius 2 is 2.16 bits per heavy atom. The molecule has 6 heteroatoms. The van der Waals surface area contributed by atoms with Crippen LogP contribution in [0.3, 0.4) is 0 Å². The molecule has 1 amide bonds. The van der Waals surface area contributed by atoms with Crippen LogP contribution in [0.2, 0.25) is 0 Å². The van der Waals surface area contributed by atoms with Crippen LogP contribution in [0.4, 0.5) is 14.9 Å². The number of hydrogen-bond acceptors (Lipinski definition) is 4. The fourth-order valence-electron chi connectivity index (χ4n) is 1.39. The summed E-state index contributed by atoms with van der Waals surface area (Å²) in [6.07, 6.45) is -0.749. The minimum atomic E-state index is -0.749. The highest BCUT2D eigenvalue weighted by atomic mass is 19.1. The van der Waals surface area contributed by atoms with Crippen molar-refractivity contribution in [2.24, 2.45) is 5.73 Å². The molecule has 1 rings (SSSR count). The van der Waals surface area contributed by atoms with Crippen LogP contribution in [0, 0.1) is 5.82 Å². The summed E-state index contributed by atoms with van der Waals surface area (Å²) in [7, 11) is 0. The van der Waals surface area contributed by atoms with E-state index in [1.165, 1.54) is 18.2 Å². The summed E-state index contributed by atoms with van der Waals surface area (Å²) in [5.74, 6) is -0.597. The SMILES string of the molecule is CC(C)(C)OC(=O)Nc1cc(C(N)CO)ccc1F. The first-order valence-corrected chi connectivity index (χ1v) is 5.89. The summed E-state index contributed by atoms with van der Waals surface area (Å²) in [5, 5.41) is 11.3. The van der Waals surface area contributed by atoms with Gasteiger partial charge in [-0.05, 0) is 38.5 Å². The average Bonchev–Trinajstić information content (AvgIpc) is 2.28. The first-order chi connectivity index (χ1) is 8.73. The van der Waals surface area contributed by atoms with E-state index in [0.717, 1.165) is 0 Å².